The molecule has 128 valence electrons. The van der Waals surface area contributed by atoms with Crippen molar-refractivity contribution in [2.75, 3.05) is 0 Å². The lowest BCUT2D eigenvalue weighted by Crippen LogP contribution is -2.17. The van der Waals surface area contributed by atoms with E-state index in [1.807, 2.05) is 0 Å². The molecule has 2 rings (SSSR count). The van der Waals surface area contributed by atoms with Crippen LogP contribution in [0, 0.1) is 46.5 Å². The van der Waals surface area contributed by atoms with Gasteiger partial charge in [-0.3, -0.25) is 0 Å². The fourth-order valence-corrected chi connectivity index (χ4v) is 1.45. The standard InChI is InChI=1S/C13H2F8O3/c14-3-1-5(9(18)11(20)7(3)16)23-13(22)24-6-2-4(15)8(17)12(21)10(6)19/h1-2H. The number of halogens is 8. The summed E-state index contributed by atoms with van der Waals surface area (Å²) < 4.78 is 111. The Bertz CT molecular complexity index is 769. The highest BCUT2D eigenvalue weighted by Gasteiger charge is 2.25. The van der Waals surface area contributed by atoms with Gasteiger partial charge < -0.3 is 9.47 Å². The van der Waals surface area contributed by atoms with E-state index in [1.165, 1.54) is 0 Å². The minimum atomic E-state index is -2.32. The molecule has 0 atom stereocenters. The molecule has 0 amide bonds. The van der Waals surface area contributed by atoms with Crippen LogP contribution in [0.2, 0.25) is 0 Å². The lowest BCUT2D eigenvalue weighted by molar-refractivity contribution is 0.146. The van der Waals surface area contributed by atoms with E-state index < -0.39 is 64.2 Å². The lowest BCUT2D eigenvalue weighted by atomic mass is 10.3. The predicted octanol–water partition coefficient (Wildman–Crippen LogP) is 4.38. The van der Waals surface area contributed by atoms with Gasteiger partial charge in [-0.15, -0.1) is 0 Å². The van der Waals surface area contributed by atoms with Crippen LogP contribution in [0.25, 0.3) is 0 Å². The summed E-state index contributed by atoms with van der Waals surface area (Å²) in [4.78, 5) is 11.2. The highest BCUT2D eigenvalue weighted by atomic mass is 19.2. The van der Waals surface area contributed by atoms with Gasteiger partial charge in [0.2, 0.25) is 23.3 Å². The van der Waals surface area contributed by atoms with Crippen LogP contribution in [-0.2, 0) is 0 Å². The minimum Gasteiger partial charge on any atom is -0.391 e. The van der Waals surface area contributed by atoms with Crippen molar-refractivity contribution in [3.63, 3.8) is 0 Å². The topological polar surface area (TPSA) is 35.5 Å². The zero-order valence-electron chi connectivity index (χ0n) is 10.9. The van der Waals surface area contributed by atoms with E-state index in [-0.39, 0.29) is 12.1 Å². The van der Waals surface area contributed by atoms with E-state index in [2.05, 4.69) is 9.47 Å². The average molecular weight is 358 g/mol. The second-order valence-electron chi connectivity index (χ2n) is 4.05. The van der Waals surface area contributed by atoms with Crippen LogP contribution in [0.1, 0.15) is 0 Å². The number of carbonyl (C=O) groups is 1. The lowest BCUT2D eigenvalue weighted by Gasteiger charge is -2.09. The van der Waals surface area contributed by atoms with Crippen molar-refractivity contribution in [3.05, 3.63) is 58.7 Å². The van der Waals surface area contributed by atoms with Crippen LogP contribution in [0.3, 0.4) is 0 Å². The molecular weight excluding hydrogens is 356 g/mol. The van der Waals surface area contributed by atoms with Crippen LogP contribution in [0.15, 0.2) is 12.1 Å². The molecule has 0 saturated carbocycles. The molecule has 0 heterocycles. The van der Waals surface area contributed by atoms with Gasteiger partial charge in [-0.05, 0) is 0 Å². The number of hydrogen-bond acceptors (Lipinski definition) is 3. The van der Waals surface area contributed by atoms with E-state index in [4.69, 9.17) is 0 Å². The summed E-state index contributed by atoms with van der Waals surface area (Å²) in [6.45, 7) is 0. The van der Waals surface area contributed by atoms with Crippen molar-refractivity contribution >= 4 is 6.16 Å². The summed E-state index contributed by atoms with van der Waals surface area (Å²) in [6.07, 6.45) is -2.09. The number of ether oxygens (including phenoxy) is 2. The Balaban J connectivity index is 2.27. The van der Waals surface area contributed by atoms with Gasteiger partial charge in [0.05, 0.1) is 0 Å². The van der Waals surface area contributed by atoms with Crippen molar-refractivity contribution in [1.29, 1.82) is 0 Å². The summed E-state index contributed by atoms with van der Waals surface area (Å²) in [7, 11) is 0. The average Bonchev–Trinajstić information content (AvgIpc) is 2.53. The molecular formula is C13H2F8O3. The summed E-state index contributed by atoms with van der Waals surface area (Å²) in [6, 6.07) is -0.144. The molecule has 0 aromatic heterocycles. The first kappa shape index (κ1) is 17.5. The summed E-state index contributed by atoms with van der Waals surface area (Å²) in [5, 5.41) is 0. The van der Waals surface area contributed by atoms with Gasteiger partial charge >= 0.3 is 6.16 Å². The quantitative estimate of drug-likeness (QED) is 0.263. The molecule has 11 heteroatoms. The maximum atomic E-state index is 13.2. The molecule has 0 spiro atoms. The number of hydrogen-bond donors (Lipinski definition) is 0. The smallest absolute Gasteiger partial charge is 0.391 e. The van der Waals surface area contributed by atoms with E-state index in [1.54, 1.807) is 0 Å². The van der Waals surface area contributed by atoms with Gasteiger partial charge in [0.15, 0.2) is 34.8 Å². The molecule has 0 unspecified atom stereocenters. The first-order chi connectivity index (χ1) is 11.1. The SMILES string of the molecule is O=C(Oc1cc(F)c(F)c(F)c1F)Oc1cc(F)c(F)c(F)c1F. The first-order valence-corrected chi connectivity index (χ1v) is 5.69. The van der Waals surface area contributed by atoms with E-state index in [9.17, 15) is 39.9 Å². The molecule has 0 saturated heterocycles. The Labute approximate surface area is 127 Å². The minimum absolute atomic E-state index is 0.0722. The van der Waals surface area contributed by atoms with Gasteiger partial charge in [-0.1, -0.05) is 0 Å². The third kappa shape index (κ3) is 3.09. The first-order valence-electron chi connectivity index (χ1n) is 5.69. The molecule has 0 N–H and O–H groups in total. The molecule has 0 radical (unpaired) electrons. The predicted molar refractivity (Wildman–Crippen MR) is 59.2 cm³/mol. The molecule has 2 aromatic rings. The Morgan fingerprint density at radius 3 is 1.25 bits per heavy atom. The van der Waals surface area contributed by atoms with Gasteiger partial charge in [-0.2, -0.15) is 8.78 Å². The Kier molecular flexibility index (Phi) is 4.62. The molecule has 2 aromatic carbocycles. The van der Waals surface area contributed by atoms with Gasteiger partial charge in [0.25, 0.3) is 0 Å². The number of benzene rings is 2. The van der Waals surface area contributed by atoms with Gasteiger partial charge in [0, 0.05) is 12.1 Å². The Morgan fingerprint density at radius 2 is 0.917 bits per heavy atom. The zero-order chi connectivity index (χ0) is 18.2. The summed E-state index contributed by atoms with van der Waals surface area (Å²) in [5.74, 6) is -20.1. The van der Waals surface area contributed by atoms with E-state index in [0.29, 0.717) is 0 Å². The molecule has 0 aliphatic heterocycles. The third-order valence-electron chi connectivity index (χ3n) is 2.53. The molecule has 0 fully saturated rings. The van der Waals surface area contributed by atoms with Crippen molar-refractivity contribution < 1.29 is 49.4 Å². The zero-order valence-corrected chi connectivity index (χ0v) is 10.9. The fourth-order valence-electron chi connectivity index (χ4n) is 1.45. The van der Waals surface area contributed by atoms with Gasteiger partial charge in [0.1, 0.15) is 0 Å². The second-order valence-corrected chi connectivity index (χ2v) is 4.05. The summed E-state index contributed by atoms with van der Waals surface area (Å²) in [5.41, 5.74) is 0. The van der Waals surface area contributed by atoms with Crippen LogP contribution in [-0.4, -0.2) is 6.16 Å². The van der Waals surface area contributed by atoms with Crippen molar-refractivity contribution in [2.24, 2.45) is 0 Å². The number of rotatable bonds is 2. The largest absolute Gasteiger partial charge is 0.519 e. The van der Waals surface area contributed by atoms with Crippen LogP contribution >= 0.6 is 0 Å². The third-order valence-corrected chi connectivity index (χ3v) is 2.53. The van der Waals surface area contributed by atoms with Crippen molar-refractivity contribution in [2.45, 2.75) is 0 Å². The van der Waals surface area contributed by atoms with Crippen LogP contribution in [0.5, 0.6) is 11.5 Å². The van der Waals surface area contributed by atoms with E-state index in [0.717, 1.165) is 0 Å². The maximum absolute atomic E-state index is 13.2. The second kappa shape index (κ2) is 6.34. The van der Waals surface area contributed by atoms with Crippen molar-refractivity contribution in [1.82, 2.24) is 0 Å². The molecule has 24 heavy (non-hydrogen) atoms. The van der Waals surface area contributed by atoms with Crippen LogP contribution in [0.4, 0.5) is 39.9 Å². The highest BCUT2D eigenvalue weighted by molar-refractivity contribution is 5.67. The summed E-state index contributed by atoms with van der Waals surface area (Å²) >= 11 is 0. The molecule has 0 aliphatic rings. The van der Waals surface area contributed by atoms with Crippen molar-refractivity contribution in [3.8, 4) is 11.5 Å². The molecule has 3 nitrogen and oxygen atoms in total. The maximum Gasteiger partial charge on any atom is 0.519 e. The Morgan fingerprint density at radius 1 is 0.583 bits per heavy atom. The Hall–Kier alpha value is -2.85. The highest BCUT2D eigenvalue weighted by Crippen LogP contribution is 2.27. The molecule has 0 bridgehead atoms. The van der Waals surface area contributed by atoms with Crippen LogP contribution < -0.4 is 9.47 Å². The normalized spacial score (nSPS) is 10.7. The fraction of sp³-hybridized carbons (Fsp3) is 0. The van der Waals surface area contributed by atoms with E-state index >= 15 is 0 Å². The monoisotopic (exact) mass is 358 g/mol. The molecule has 0 aliphatic carbocycles. The number of carbonyl (C=O) groups excluding carboxylic acids is 1. The van der Waals surface area contributed by atoms with Gasteiger partial charge in [-0.25, -0.2) is 31.1 Å².